The largest absolute Gasteiger partial charge is 0.418 e. The number of halogens is 4. The minimum atomic E-state index is -4.68. The Morgan fingerprint density at radius 3 is 2.59 bits per heavy atom. The molecule has 0 bridgehead atoms. The number of alkyl halides is 3. The molecule has 0 aliphatic heterocycles. The van der Waals surface area contributed by atoms with Gasteiger partial charge in [-0.3, -0.25) is 9.59 Å². The first-order valence-corrected chi connectivity index (χ1v) is 9.97. The highest BCUT2D eigenvalue weighted by molar-refractivity contribution is 7.13. The Morgan fingerprint density at radius 1 is 1.17 bits per heavy atom. The number of hydrogen-bond donors (Lipinski definition) is 2. The van der Waals surface area contributed by atoms with Crippen LogP contribution in [0.5, 0.6) is 0 Å². The van der Waals surface area contributed by atoms with Crippen molar-refractivity contribution in [2.24, 2.45) is 0 Å². The van der Waals surface area contributed by atoms with Crippen LogP contribution >= 0.6 is 34.3 Å². The molecule has 2 N–H and O–H groups in total. The van der Waals surface area contributed by atoms with E-state index in [1.807, 2.05) is 0 Å². The van der Waals surface area contributed by atoms with Gasteiger partial charge >= 0.3 is 6.18 Å². The van der Waals surface area contributed by atoms with E-state index in [0.29, 0.717) is 11.1 Å². The summed E-state index contributed by atoms with van der Waals surface area (Å²) < 4.78 is 38.7. The standard InChI is InChI=1S/C16H11ClF3N5O2S2/c1-7(24-13(26)10-5-28-6-23-10)15-22-4-11(29-15)14(27)25-12-2-8(16(18,19)20)9(17)3-21-12/h2-7H,1H3,(H,24,26)(H,21,25,27)/t7-/m1/s1. The fourth-order valence-electron chi connectivity index (χ4n) is 2.15. The monoisotopic (exact) mass is 461 g/mol. The molecule has 152 valence electrons. The maximum atomic E-state index is 12.9. The van der Waals surface area contributed by atoms with Crippen LogP contribution in [0, 0.1) is 0 Å². The number of hydrogen-bond acceptors (Lipinski definition) is 7. The van der Waals surface area contributed by atoms with Gasteiger partial charge in [0.2, 0.25) is 0 Å². The molecule has 0 radical (unpaired) electrons. The number of aromatic nitrogens is 3. The number of carbonyl (C=O) groups excluding carboxylic acids is 2. The number of rotatable bonds is 5. The highest BCUT2D eigenvalue weighted by Crippen LogP contribution is 2.35. The second kappa shape index (κ2) is 8.43. The number of carbonyl (C=O) groups is 2. The molecule has 0 spiro atoms. The summed E-state index contributed by atoms with van der Waals surface area (Å²) in [6, 6.07) is 0.153. The molecular formula is C16H11ClF3N5O2S2. The first kappa shape index (κ1) is 21.1. The Hall–Kier alpha value is -2.57. The fourth-order valence-corrected chi connectivity index (χ4v) is 3.71. The van der Waals surface area contributed by atoms with Gasteiger partial charge in [0.25, 0.3) is 11.8 Å². The summed E-state index contributed by atoms with van der Waals surface area (Å²) in [5.74, 6) is -1.37. The molecule has 1 atom stereocenters. The second-order valence-corrected chi connectivity index (χ2v) is 7.82. The molecule has 3 rings (SSSR count). The van der Waals surface area contributed by atoms with Gasteiger partial charge in [-0.1, -0.05) is 11.6 Å². The summed E-state index contributed by atoms with van der Waals surface area (Å²) in [5.41, 5.74) is 0.693. The van der Waals surface area contributed by atoms with Crippen molar-refractivity contribution in [2.45, 2.75) is 19.1 Å². The van der Waals surface area contributed by atoms with E-state index in [2.05, 4.69) is 25.6 Å². The van der Waals surface area contributed by atoms with E-state index in [4.69, 9.17) is 11.6 Å². The smallest absolute Gasteiger partial charge is 0.342 e. The number of anilines is 1. The van der Waals surface area contributed by atoms with Gasteiger partial charge in [0.15, 0.2) is 0 Å². The number of amides is 2. The summed E-state index contributed by atoms with van der Waals surface area (Å²) in [4.78, 5) is 36.2. The molecule has 3 aromatic rings. The lowest BCUT2D eigenvalue weighted by Gasteiger charge is -2.10. The van der Waals surface area contributed by atoms with E-state index in [9.17, 15) is 22.8 Å². The molecule has 0 fully saturated rings. The SMILES string of the molecule is C[C@@H](NC(=O)c1cscn1)c1ncc(C(=O)Nc2cc(C(F)(F)F)c(Cl)cn2)s1. The van der Waals surface area contributed by atoms with Crippen LogP contribution in [0.4, 0.5) is 19.0 Å². The highest BCUT2D eigenvalue weighted by Gasteiger charge is 2.34. The summed E-state index contributed by atoms with van der Waals surface area (Å²) in [7, 11) is 0. The summed E-state index contributed by atoms with van der Waals surface area (Å²) >= 11 is 7.78. The lowest BCUT2D eigenvalue weighted by Crippen LogP contribution is -2.26. The molecule has 29 heavy (non-hydrogen) atoms. The number of thiazole rings is 2. The lowest BCUT2D eigenvalue weighted by atomic mass is 10.2. The van der Waals surface area contributed by atoms with Crippen molar-refractivity contribution in [1.29, 1.82) is 0 Å². The predicted octanol–water partition coefficient (Wildman–Crippen LogP) is 4.41. The summed E-state index contributed by atoms with van der Waals surface area (Å²) in [5, 5.41) is 6.45. The van der Waals surface area contributed by atoms with E-state index in [-0.39, 0.29) is 22.3 Å². The van der Waals surface area contributed by atoms with E-state index in [1.165, 1.54) is 23.0 Å². The van der Waals surface area contributed by atoms with Crippen LogP contribution in [0.15, 0.2) is 29.4 Å². The maximum Gasteiger partial charge on any atom is 0.418 e. The van der Waals surface area contributed by atoms with Crippen molar-refractivity contribution in [1.82, 2.24) is 20.3 Å². The van der Waals surface area contributed by atoms with Crippen molar-refractivity contribution >= 4 is 51.9 Å². The van der Waals surface area contributed by atoms with Crippen molar-refractivity contribution in [3.63, 3.8) is 0 Å². The van der Waals surface area contributed by atoms with Crippen LogP contribution in [0.3, 0.4) is 0 Å². The Balaban J connectivity index is 1.69. The Bertz CT molecular complexity index is 1040. The van der Waals surface area contributed by atoms with Crippen molar-refractivity contribution in [3.8, 4) is 0 Å². The van der Waals surface area contributed by atoms with Crippen LogP contribution < -0.4 is 10.6 Å². The number of pyridine rings is 1. The zero-order chi connectivity index (χ0) is 21.2. The topological polar surface area (TPSA) is 96.9 Å². The van der Waals surface area contributed by atoms with Crippen LogP contribution in [0.2, 0.25) is 5.02 Å². The van der Waals surface area contributed by atoms with E-state index < -0.39 is 28.7 Å². The highest BCUT2D eigenvalue weighted by atomic mass is 35.5. The van der Waals surface area contributed by atoms with Gasteiger partial charge < -0.3 is 10.6 Å². The molecule has 0 aromatic carbocycles. The molecule has 0 unspecified atom stereocenters. The molecular weight excluding hydrogens is 451 g/mol. The summed E-state index contributed by atoms with van der Waals surface area (Å²) in [6.07, 6.45) is -2.60. The van der Waals surface area contributed by atoms with E-state index in [1.54, 1.807) is 12.3 Å². The number of nitrogens with one attached hydrogen (secondary N) is 2. The zero-order valence-electron chi connectivity index (χ0n) is 14.5. The van der Waals surface area contributed by atoms with Crippen molar-refractivity contribution in [2.75, 3.05) is 5.32 Å². The number of nitrogens with zero attached hydrogens (tertiary/aromatic N) is 3. The van der Waals surface area contributed by atoms with Crippen LogP contribution in [0.1, 0.15) is 43.7 Å². The second-order valence-electron chi connectivity index (χ2n) is 5.63. The molecule has 7 nitrogen and oxygen atoms in total. The first-order valence-electron chi connectivity index (χ1n) is 7.84. The molecule has 0 saturated heterocycles. The van der Waals surface area contributed by atoms with Crippen molar-refractivity contribution in [3.05, 3.63) is 55.5 Å². The normalized spacial score (nSPS) is 12.4. The average Bonchev–Trinajstić information content (AvgIpc) is 3.34. The quantitative estimate of drug-likeness (QED) is 0.586. The minimum absolute atomic E-state index is 0.139. The Kier molecular flexibility index (Phi) is 6.15. The molecule has 0 saturated carbocycles. The van der Waals surface area contributed by atoms with Crippen LogP contribution in [0.25, 0.3) is 0 Å². The lowest BCUT2D eigenvalue weighted by molar-refractivity contribution is -0.137. The first-order chi connectivity index (χ1) is 13.6. The fraction of sp³-hybridized carbons (Fsp3) is 0.188. The molecule has 3 heterocycles. The van der Waals surface area contributed by atoms with Gasteiger partial charge in [0, 0.05) is 11.6 Å². The molecule has 0 aliphatic carbocycles. The summed E-state index contributed by atoms with van der Waals surface area (Å²) in [6.45, 7) is 1.68. The third-order valence-electron chi connectivity index (χ3n) is 3.53. The van der Waals surface area contributed by atoms with Gasteiger partial charge in [0.1, 0.15) is 21.4 Å². The Morgan fingerprint density at radius 2 is 1.93 bits per heavy atom. The average molecular weight is 462 g/mol. The molecule has 2 amide bonds. The van der Waals surface area contributed by atoms with Gasteiger partial charge in [0.05, 0.1) is 28.3 Å². The third kappa shape index (κ3) is 5.08. The van der Waals surface area contributed by atoms with Gasteiger partial charge in [-0.15, -0.1) is 22.7 Å². The Labute approximate surface area is 175 Å². The molecule has 0 aliphatic rings. The minimum Gasteiger partial charge on any atom is -0.342 e. The molecule has 3 aromatic heterocycles. The molecule has 13 heteroatoms. The zero-order valence-corrected chi connectivity index (χ0v) is 16.8. The van der Waals surface area contributed by atoms with Gasteiger partial charge in [-0.25, -0.2) is 15.0 Å². The van der Waals surface area contributed by atoms with E-state index >= 15 is 0 Å². The maximum absolute atomic E-state index is 12.9. The van der Waals surface area contributed by atoms with Gasteiger partial charge in [-0.2, -0.15) is 13.2 Å². The van der Waals surface area contributed by atoms with Crippen molar-refractivity contribution < 1.29 is 22.8 Å². The van der Waals surface area contributed by atoms with E-state index in [0.717, 1.165) is 17.5 Å². The van der Waals surface area contributed by atoms with Crippen LogP contribution in [-0.4, -0.2) is 26.8 Å². The van der Waals surface area contributed by atoms with Gasteiger partial charge in [-0.05, 0) is 13.0 Å². The predicted molar refractivity (Wildman–Crippen MR) is 102 cm³/mol. The van der Waals surface area contributed by atoms with Crippen LogP contribution in [-0.2, 0) is 6.18 Å². The third-order valence-corrected chi connectivity index (χ3v) is 5.60.